The molecule has 0 aliphatic rings. The van der Waals surface area contributed by atoms with E-state index in [1.807, 2.05) is 12.1 Å². The Kier molecular flexibility index (Phi) is 5.50. The quantitative estimate of drug-likeness (QED) is 0.789. The summed E-state index contributed by atoms with van der Waals surface area (Å²) in [5, 5.41) is 3.09. The lowest BCUT2D eigenvalue weighted by atomic mass is 10.1. The van der Waals surface area contributed by atoms with Gasteiger partial charge in [0.05, 0.1) is 18.4 Å². The van der Waals surface area contributed by atoms with Gasteiger partial charge in [0.25, 0.3) is 0 Å². The van der Waals surface area contributed by atoms with Gasteiger partial charge in [-0.15, -0.1) is 0 Å². The van der Waals surface area contributed by atoms with Crippen LogP contribution in [0.15, 0.2) is 24.3 Å². The van der Waals surface area contributed by atoms with Crippen molar-refractivity contribution in [2.45, 2.75) is 19.5 Å². The van der Waals surface area contributed by atoms with Gasteiger partial charge < -0.3 is 10.1 Å². The van der Waals surface area contributed by atoms with Gasteiger partial charge in [0.2, 0.25) is 0 Å². The summed E-state index contributed by atoms with van der Waals surface area (Å²) in [6.45, 7) is 2.21. The van der Waals surface area contributed by atoms with E-state index in [-0.39, 0.29) is 11.8 Å². The summed E-state index contributed by atoms with van der Waals surface area (Å²) in [7, 11) is -1.68. The fourth-order valence-corrected chi connectivity index (χ4v) is 2.81. The van der Waals surface area contributed by atoms with Crippen LogP contribution in [0.1, 0.15) is 22.8 Å². The number of esters is 1. The number of methoxy groups -OCH3 is 1. The van der Waals surface area contributed by atoms with E-state index in [1.165, 1.54) is 13.4 Å². The molecule has 1 aromatic rings. The number of hydrogen-bond acceptors (Lipinski definition) is 5. The van der Waals surface area contributed by atoms with Crippen molar-refractivity contribution < 1.29 is 17.9 Å². The molecule has 19 heavy (non-hydrogen) atoms. The second kappa shape index (κ2) is 6.68. The van der Waals surface area contributed by atoms with E-state index in [2.05, 4.69) is 5.32 Å². The molecule has 6 heteroatoms. The zero-order valence-electron chi connectivity index (χ0n) is 11.3. The van der Waals surface area contributed by atoms with Gasteiger partial charge in [-0.25, -0.2) is 13.2 Å². The molecule has 0 radical (unpaired) electrons. The molecule has 1 unspecified atom stereocenters. The molecule has 5 nitrogen and oxygen atoms in total. The smallest absolute Gasteiger partial charge is 0.338 e. The van der Waals surface area contributed by atoms with Gasteiger partial charge in [-0.3, -0.25) is 0 Å². The summed E-state index contributed by atoms with van der Waals surface area (Å²) in [6, 6.07) is 6.90. The van der Waals surface area contributed by atoms with Crippen LogP contribution in [0.5, 0.6) is 0 Å². The van der Waals surface area contributed by atoms with E-state index in [9.17, 15) is 13.2 Å². The average Bonchev–Trinajstić information content (AvgIpc) is 2.33. The topological polar surface area (TPSA) is 72.5 Å². The standard InChI is InChI=1S/C13H19NO4S/c1-10(9-19(3,16)17)14-8-11-6-4-5-7-12(11)13(15)18-2/h4-7,10,14H,8-9H2,1-3H3. The van der Waals surface area contributed by atoms with Crippen molar-refractivity contribution in [3.05, 3.63) is 35.4 Å². The molecule has 1 rings (SSSR count). The number of nitrogens with one attached hydrogen (secondary N) is 1. The molecule has 0 bridgehead atoms. The fourth-order valence-electron chi connectivity index (χ4n) is 1.78. The average molecular weight is 285 g/mol. The number of hydrogen-bond donors (Lipinski definition) is 1. The number of carbonyl (C=O) groups excluding carboxylic acids is 1. The maximum Gasteiger partial charge on any atom is 0.338 e. The van der Waals surface area contributed by atoms with E-state index in [1.54, 1.807) is 19.1 Å². The van der Waals surface area contributed by atoms with E-state index in [4.69, 9.17) is 4.74 Å². The molecule has 0 aliphatic carbocycles. The third-order valence-electron chi connectivity index (χ3n) is 2.62. The Labute approximate surface area is 113 Å². The zero-order chi connectivity index (χ0) is 14.5. The van der Waals surface area contributed by atoms with Crippen molar-refractivity contribution in [2.24, 2.45) is 0 Å². The predicted octanol–water partition coefficient (Wildman–Crippen LogP) is 0.996. The molecule has 0 spiro atoms. The highest BCUT2D eigenvalue weighted by atomic mass is 32.2. The summed E-state index contributed by atoms with van der Waals surface area (Å²) in [6.07, 6.45) is 1.20. The molecule has 0 aromatic heterocycles. The lowest BCUT2D eigenvalue weighted by Gasteiger charge is -2.14. The van der Waals surface area contributed by atoms with Crippen LogP contribution in [0, 0.1) is 0 Å². The van der Waals surface area contributed by atoms with Gasteiger partial charge in [-0.2, -0.15) is 0 Å². The van der Waals surface area contributed by atoms with E-state index >= 15 is 0 Å². The number of sulfone groups is 1. The van der Waals surface area contributed by atoms with Crippen molar-refractivity contribution in [1.29, 1.82) is 0 Å². The second-order valence-electron chi connectivity index (χ2n) is 4.52. The molecular formula is C13H19NO4S. The molecule has 0 amide bonds. The molecule has 1 atom stereocenters. The normalized spacial score (nSPS) is 13.0. The molecule has 0 heterocycles. The predicted molar refractivity (Wildman–Crippen MR) is 73.8 cm³/mol. The zero-order valence-corrected chi connectivity index (χ0v) is 12.2. The summed E-state index contributed by atoms with van der Waals surface area (Å²) >= 11 is 0. The fraction of sp³-hybridized carbons (Fsp3) is 0.462. The molecule has 1 N–H and O–H groups in total. The number of benzene rings is 1. The largest absolute Gasteiger partial charge is 0.465 e. The lowest BCUT2D eigenvalue weighted by Crippen LogP contribution is -2.32. The van der Waals surface area contributed by atoms with Crippen LogP contribution < -0.4 is 5.32 Å². The third-order valence-corrected chi connectivity index (χ3v) is 3.72. The third kappa shape index (κ3) is 5.40. The van der Waals surface area contributed by atoms with Gasteiger partial charge in [-0.1, -0.05) is 18.2 Å². The van der Waals surface area contributed by atoms with Crippen LogP contribution in [0.2, 0.25) is 0 Å². The molecule has 0 saturated heterocycles. The Morgan fingerprint density at radius 2 is 2.00 bits per heavy atom. The Morgan fingerprint density at radius 3 is 2.58 bits per heavy atom. The van der Waals surface area contributed by atoms with E-state index < -0.39 is 15.8 Å². The number of carbonyl (C=O) groups is 1. The Bertz CT molecular complexity index is 539. The van der Waals surface area contributed by atoms with E-state index in [0.29, 0.717) is 12.1 Å². The Balaban J connectivity index is 2.70. The van der Waals surface area contributed by atoms with Crippen molar-refractivity contribution >= 4 is 15.8 Å². The van der Waals surface area contributed by atoms with Crippen molar-refractivity contribution in [1.82, 2.24) is 5.32 Å². The highest BCUT2D eigenvalue weighted by Crippen LogP contribution is 2.10. The van der Waals surface area contributed by atoms with E-state index in [0.717, 1.165) is 5.56 Å². The minimum Gasteiger partial charge on any atom is -0.465 e. The SMILES string of the molecule is COC(=O)c1ccccc1CNC(C)CS(C)(=O)=O. The van der Waals surface area contributed by atoms with Gasteiger partial charge in [0.15, 0.2) is 0 Å². The minimum absolute atomic E-state index is 0.0629. The summed E-state index contributed by atoms with van der Waals surface area (Å²) in [4.78, 5) is 11.6. The Hall–Kier alpha value is -1.40. The summed E-state index contributed by atoms with van der Waals surface area (Å²) in [5.74, 6) is -0.332. The molecule has 0 saturated carbocycles. The number of rotatable bonds is 6. The van der Waals surface area contributed by atoms with Crippen molar-refractivity contribution in [2.75, 3.05) is 19.1 Å². The van der Waals surface area contributed by atoms with Crippen LogP contribution >= 0.6 is 0 Å². The highest BCUT2D eigenvalue weighted by molar-refractivity contribution is 7.90. The minimum atomic E-state index is -3.01. The van der Waals surface area contributed by atoms with Gasteiger partial charge in [-0.05, 0) is 18.6 Å². The monoisotopic (exact) mass is 285 g/mol. The molecular weight excluding hydrogens is 266 g/mol. The molecule has 0 aliphatic heterocycles. The molecule has 106 valence electrons. The van der Waals surface area contributed by atoms with Crippen LogP contribution in [-0.2, 0) is 21.1 Å². The first kappa shape index (κ1) is 15.7. The van der Waals surface area contributed by atoms with Crippen molar-refractivity contribution in [3.8, 4) is 0 Å². The molecule has 0 fully saturated rings. The first-order chi connectivity index (χ1) is 8.83. The summed E-state index contributed by atoms with van der Waals surface area (Å²) < 4.78 is 27.0. The molecule has 1 aromatic carbocycles. The first-order valence-corrected chi connectivity index (χ1v) is 7.97. The van der Waals surface area contributed by atoms with Crippen LogP contribution in [0.4, 0.5) is 0 Å². The number of ether oxygens (including phenoxy) is 1. The van der Waals surface area contributed by atoms with Crippen molar-refractivity contribution in [3.63, 3.8) is 0 Å². The van der Waals surface area contributed by atoms with Crippen LogP contribution in [0.25, 0.3) is 0 Å². The van der Waals surface area contributed by atoms with Gasteiger partial charge in [0, 0.05) is 18.8 Å². The highest BCUT2D eigenvalue weighted by Gasteiger charge is 2.13. The van der Waals surface area contributed by atoms with Gasteiger partial charge >= 0.3 is 5.97 Å². The lowest BCUT2D eigenvalue weighted by molar-refractivity contribution is 0.0599. The first-order valence-electron chi connectivity index (χ1n) is 5.91. The maximum atomic E-state index is 11.6. The van der Waals surface area contributed by atoms with Crippen LogP contribution in [-0.4, -0.2) is 39.5 Å². The van der Waals surface area contributed by atoms with Crippen LogP contribution in [0.3, 0.4) is 0 Å². The maximum absolute atomic E-state index is 11.6. The summed E-state index contributed by atoms with van der Waals surface area (Å²) in [5.41, 5.74) is 1.28. The van der Waals surface area contributed by atoms with Gasteiger partial charge in [0.1, 0.15) is 9.84 Å². The second-order valence-corrected chi connectivity index (χ2v) is 6.71. The Morgan fingerprint density at radius 1 is 1.37 bits per heavy atom.